The number of hydrogen-bond acceptors (Lipinski definition) is 5. The monoisotopic (exact) mass is 387 g/mol. The van der Waals surface area contributed by atoms with Crippen LogP contribution in [0.25, 0.3) is 0 Å². The van der Waals surface area contributed by atoms with Crippen molar-refractivity contribution in [3.05, 3.63) is 65.2 Å². The highest BCUT2D eigenvalue weighted by Crippen LogP contribution is 2.64. The molecule has 0 unspecified atom stereocenters. The highest BCUT2D eigenvalue weighted by molar-refractivity contribution is 7.92. The normalized spacial score (nSPS) is 24.4. The zero-order valence-corrected chi connectivity index (χ0v) is 16.6. The highest BCUT2D eigenvalue weighted by atomic mass is 32.2. The molecule has 1 aliphatic carbocycles. The lowest BCUT2D eigenvalue weighted by atomic mass is 9.98. The molecule has 3 atom stereocenters. The number of esters is 1. The lowest BCUT2D eigenvalue weighted by Crippen LogP contribution is -2.33. The highest BCUT2D eigenvalue weighted by Gasteiger charge is 2.75. The van der Waals surface area contributed by atoms with Gasteiger partial charge >= 0.3 is 5.97 Å². The predicted octanol–water partition coefficient (Wildman–Crippen LogP) is 2.75. The van der Waals surface area contributed by atoms with Crippen LogP contribution in [0.5, 0.6) is 0 Å². The topological polar surface area (TPSA) is 86.5 Å². The minimum atomic E-state index is -3.75. The van der Waals surface area contributed by atoms with Crippen molar-refractivity contribution in [2.24, 2.45) is 11.1 Å². The first-order valence-electron chi connectivity index (χ1n) is 9.03. The third kappa shape index (κ3) is 3.17. The van der Waals surface area contributed by atoms with Crippen molar-refractivity contribution < 1.29 is 17.9 Å². The van der Waals surface area contributed by atoms with Crippen LogP contribution in [0, 0.1) is 19.3 Å². The van der Waals surface area contributed by atoms with Crippen LogP contribution in [-0.2, 0) is 19.4 Å². The summed E-state index contributed by atoms with van der Waals surface area (Å²) in [5.74, 6) is -1.06. The molecule has 0 bridgehead atoms. The van der Waals surface area contributed by atoms with E-state index in [1.807, 2.05) is 38.1 Å². The Morgan fingerprint density at radius 1 is 1.04 bits per heavy atom. The second-order valence-corrected chi connectivity index (χ2v) is 9.20. The second-order valence-electron chi connectivity index (χ2n) is 7.13. The number of benzene rings is 2. The van der Waals surface area contributed by atoms with Gasteiger partial charge in [0.1, 0.15) is 5.41 Å². The van der Waals surface area contributed by atoms with Gasteiger partial charge in [-0.1, -0.05) is 47.5 Å². The molecular formula is C21H25NO4S. The van der Waals surface area contributed by atoms with Crippen LogP contribution >= 0.6 is 0 Å². The average Bonchev–Trinajstić information content (AvgIpc) is 3.34. The fourth-order valence-electron chi connectivity index (χ4n) is 3.82. The summed E-state index contributed by atoms with van der Waals surface area (Å²) in [6.07, 6.45) is 0. The average molecular weight is 388 g/mol. The molecule has 2 N–H and O–H groups in total. The number of carbonyl (C=O) groups excluding carboxylic acids is 1. The lowest BCUT2D eigenvalue weighted by molar-refractivity contribution is -0.149. The summed E-state index contributed by atoms with van der Waals surface area (Å²) >= 11 is 0. The minimum absolute atomic E-state index is 0.0832. The lowest BCUT2D eigenvalue weighted by Gasteiger charge is -2.14. The van der Waals surface area contributed by atoms with Crippen LogP contribution in [0.3, 0.4) is 0 Å². The Bertz CT molecular complexity index is 935. The number of carbonyl (C=O) groups is 1. The molecule has 0 aromatic heterocycles. The SMILES string of the molecule is CCOC(=O)[C@@]1(CN)[C@H](c2ccc(C)cc2)[C@@H]1S(=O)(=O)c1ccc(C)cc1. The molecule has 5 nitrogen and oxygen atoms in total. The molecule has 2 aromatic rings. The van der Waals surface area contributed by atoms with Gasteiger partial charge in [0.05, 0.1) is 16.8 Å². The van der Waals surface area contributed by atoms with Crippen molar-refractivity contribution in [1.29, 1.82) is 0 Å². The molecule has 0 spiro atoms. The van der Waals surface area contributed by atoms with E-state index in [0.717, 1.165) is 16.7 Å². The summed E-state index contributed by atoms with van der Waals surface area (Å²) in [7, 11) is -3.75. The van der Waals surface area contributed by atoms with E-state index >= 15 is 0 Å². The predicted molar refractivity (Wildman–Crippen MR) is 104 cm³/mol. The van der Waals surface area contributed by atoms with Gasteiger partial charge in [-0.25, -0.2) is 8.42 Å². The Kier molecular flexibility index (Phi) is 5.14. The van der Waals surface area contributed by atoms with E-state index in [2.05, 4.69) is 0 Å². The Labute approximate surface area is 160 Å². The molecule has 1 fully saturated rings. The van der Waals surface area contributed by atoms with E-state index in [1.165, 1.54) is 0 Å². The Morgan fingerprint density at radius 2 is 1.56 bits per heavy atom. The van der Waals surface area contributed by atoms with Gasteiger partial charge in [-0.05, 0) is 38.5 Å². The first-order valence-corrected chi connectivity index (χ1v) is 10.6. The quantitative estimate of drug-likeness (QED) is 0.770. The van der Waals surface area contributed by atoms with Crippen molar-refractivity contribution in [3.8, 4) is 0 Å². The van der Waals surface area contributed by atoms with Crippen molar-refractivity contribution in [2.45, 2.75) is 36.8 Å². The third-order valence-electron chi connectivity index (χ3n) is 5.37. The molecule has 27 heavy (non-hydrogen) atoms. The summed E-state index contributed by atoms with van der Waals surface area (Å²) in [4.78, 5) is 13.0. The number of rotatable bonds is 6. The van der Waals surface area contributed by atoms with Gasteiger partial charge in [-0.2, -0.15) is 0 Å². The fourth-order valence-corrected chi connectivity index (χ4v) is 6.20. The molecule has 0 radical (unpaired) electrons. The second kappa shape index (κ2) is 7.09. The molecule has 1 aliphatic rings. The van der Waals surface area contributed by atoms with Crippen molar-refractivity contribution in [3.63, 3.8) is 0 Å². The van der Waals surface area contributed by atoms with E-state index in [9.17, 15) is 13.2 Å². The number of hydrogen-bond donors (Lipinski definition) is 1. The Morgan fingerprint density at radius 3 is 2.04 bits per heavy atom. The van der Waals surface area contributed by atoms with Gasteiger partial charge in [0, 0.05) is 12.5 Å². The van der Waals surface area contributed by atoms with Gasteiger partial charge in [-0.3, -0.25) is 4.79 Å². The summed E-state index contributed by atoms with van der Waals surface area (Å²) < 4.78 is 32.0. The van der Waals surface area contributed by atoms with Gasteiger partial charge in [0.25, 0.3) is 0 Å². The maximum absolute atomic E-state index is 13.4. The van der Waals surface area contributed by atoms with Crippen LogP contribution in [-0.4, -0.2) is 32.8 Å². The van der Waals surface area contributed by atoms with Crippen molar-refractivity contribution >= 4 is 15.8 Å². The standard InChI is InChI=1S/C21H25NO4S/c1-4-26-20(23)21(13-22)18(16-9-5-14(2)6-10-16)19(21)27(24,25)17-11-7-15(3)8-12-17/h5-12,18-19H,4,13,22H2,1-3H3/t18-,19+,21+/m1/s1. The molecule has 0 saturated heterocycles. The van der Waals surface area contributed by atoms with Crippen molar-refractivity contribution in [2.75, 3.05) is 13.2 Å². The van der Waals surface area contributed by atoms with Crippen LogP contribution in [0.2, 0.25) is 0 Å². The largest absolute Gasteiger partial charge is 0.465 e. The maximum atomic E-state index is 13.4. The Balaban J connectivity index is 2.10. The zero-order chi connectivity index (χ0) is 19.8. The summed E-state index contributed by atoms with van der Waals surface area (Å²) in [6.45, 7) is 5.65. The first kappa shape index (κ1) is 19.6. The van der Waals surface area contributed by atoms with Gasteiger partial charge in [0.2, 0.25) is 0 Å². The molecule has 1 saturated carbocycles. The van der Waals surface area contributed by atoms with Crippen LogP contribution in [0.4, 0.5) is 0 Å². The van der Waals surface area contributed by atoms with E-state index in [-0.39, 0.29) is 18.0 Å². The molecule has 3 rings (SSSR count). The number of sulfone groups is 1. The molecule has 144 valence electrons. The van der Waals surface area contributed by atoms with Gasteiger partial charge < -0.3 is 10.5 Å². The van der Waals surface area contributed by atoms with Crippen LogP contribution in [0.15, 0.2) is 53.4 Å². The third-order valence-corrected chi connectivity index (χ3v) is 7.66. The molecule has 0 amide bonds. The van der Waals surface area contributed by atoms with Gasteiger partial charge in [0.15, 0.2) is 9.84 Å². The Hall–Kier alpha value is -2.18. The molecule has 0 heterocycles. The van der Waals surface area contributed by atoms with E-state index in [4.69, 9.17) is 10.5 Å². The number of nitrogens with two attached hydrogens (primary N) is 1. The summed E-state index contributed by atoms with van der Waals surface area (Å²) in [5, 5.41) is -0.931. The minimum Gasteiger partial charge on any atom is -0.465 e. The van der Waals surface area contributed by atoms with E-state index in [0.29, 0.717) is 0 Å². The molecular weight excluding hydrogens is 362 g/mol. The smallest absolute Gasteiger partial charge is 0.315 e. The molecule has 2 aromatic carbocycles. The maximum Gasteiger partial charge on any atom is 0.315 e. The van der Waals surface area contributed by atoms with E-state index in [1.54, 1.807) is 31.2 Å². The van der Waals surface area contributed by atoms with Gasteiger partial charge in [-0.15, -0.1) is 0 Å². The molecule has 6 heteroatoms. The van der Waals surface area contributed by atoms with E-state index < -0.39 is 32.4 Å². The summed E-state index contributed by atoms with van der Waals surface area (Å²) in [6, 6.07) is 14.2. The molecule has 0 aliphatic heterocycles. The fraction of sp³-hybridized carbons (Fsp3) is 0.381. The van der Waals surface area contributed by atoms with Crippen LogP contribution < -0.4 is 5.73 Å². The number of aryl methyl sites for hydroxylation is 2. The zero-order valence-electron chi connectivity index (χ0n) is 15.8. The first-order chi connectivity index (χ1) is 12.8. The van der Waals surface area contributed by atoms with Crippen LogP contribution in [0.1, 0.15) is 29.5 Å². The van der Waals surface area contributed by atoms with Crippen molar-refractivity contribution in [1.82, 2.24) is 0 Å². The number of ether oxygens (including phenoxy) is 1. The summed E-state index contributed by atoms with van der Waals surface area (Å²) in [5.41, 5.74) is 7.55.